The minimum Gasteiger partial charge on any atom is -0.376 e. The lowest BCUT2D eigenvalue weighted by Gasteiger charge is -2.45. The van der Waals surface area contributed by atoms with Crippen LogP contribution in [0.1, 0.15) is 42.6 Å². The van der Waals surface area contributed by atoms with E-state index in [-0.39, 0.29) is 28.8 Å². The van der Waals surface area contributed by atoms with Gasteiger partial charge in [0, 0.05) is 32.8 Å². The minimum absolute atomic E-state index is 0.0976. The molecule has 2 saturated carbocycles. The molecule has 2 fully saturated rings. The Kier molecular flexibility index (Phi) is 5.08. The molecule has 0 bridgehead atoms. The summed E-state index contributed by atoms with van der Waals surface area (Å²) in [5, 5.41) is 13.4. The zero-order valence-electron chi connectivity index (χ0n) is 18.6. The van der Waals surface area contributed by atoms with Crippen LogP contribution in [0, 0.1) is 0 Å². The van der Waals surface area contributed by atoms with Gasteiger partial charge in [-0.3, -0.25) is 9.59 Å². The number of nitrogens with zero attached hydrogens (tertiary/aromatic N) is 4. The third-order valence-electron chi connectivity index (χ3n) is 6.69. The van der Waals surface area contributed by atoms with Crippen molar-refractivity contribution in [1.82, 2.24) is 24.5 Å². The summed E-state index contributed by atoms with van der Waals surface area (Å²) in [6.45, 7) is 1.97. The van der Waals surface area contributed by atoms with Crippen LogP contribution in [0.25, 0.3) is 5.65 Å². The fraction of sp³-hybridized carbons (Fsp3) is 0.455. The summed E-state index contributed by atoms with van der Waals surface area (Å²) >= 11 is 0. The molecule has 3 heterocycles. The fourth-order valence-corrected chi connectivity index (χ4v) is 4.21. The molecule has 3 aromatic rings. The number of rotatable bonds is 7. The van der Waals surface area contributed by atoms with Gasteiger partial charge < -0.3 is 25.3 Å². The number of nitrogens with one attached hydrogen (secondary N) is 3. The lowest BCUT2D eigenvalue weighted by atomic mass is 9.76. The molecule has 10 nitrogen and oxygen atoms in total. The Balaban J connectivity index is 1.46. The van der Waals surface area contributed by atoms with Crippen molar-refractivity contribution in [3.8, 4) is 0 Å². The Morgan fingerprint density at radius 1 is 1.39 bits per heavy atom. The van der Waals surface area contributed by atoms with Crippen molar-refractivity contribution in [2.24, 2.45) is 0 Å². The van der Waals surface area contributed by atoms with Crippen LogP contribution in [-0.4, -0.2) is 57.0 Å². The van der Waals surface area contributed by atoms with E-state index in [0.717, 1.165) is 12.8 Å². The van der Waals surface area contributed by atoms with Crippen LogP contribution in [0.5, 0.6) is 0 Å². The summed E-state index contributed by atoms with van der Waals surface area (Å²) in [4.78, 5) is 30.4. The van der Waals surface area contributed by atoms with Crippen LogP contribution in [-0.2, 0) is 4.74 Å². The molecule has 0 radical (unpaired) electrons. The Bertz CT molecular complexity index is 1280. The molecular weight excluding hydrogens is 429 g/mol. The Labute approximate surface area is 189 Å². The normalized spacial score (nSPS) is 26.0. The second kappa shape index (κ2) is 7.84. The first-order valence-electron chi connectivity index (χ1n) is 10.9. The van der Waals surface area contributed by atoms with Crippen LogP contribution in [0.4, 0.5) is 21.7 Å². The summed E-state index contributed by atoms with van der Waals surface area (Å²) in [6.07, 6.45) is 4.10. The lowest BCUT2D eigenvalue weighted by molar-refractivity contribution is -0.0828. The molecule has 0 unspecified atom stereocenters. The molecule has 174 valence electrons. The number of carbonyl (C=O) groups is 1. The van der Waals surface area contributed by atoms with Crippen LogP contribution in [0.2, 0.25) is 0 Å². The topological polar surface area (TPSA) is 115 Å². The van der Waals surface area contributed by atoms with Crippen molar-refractivity contribution in [3.05, 3.63) is 46.5 Å². The molecule has 0 saturated heterocycles. The van der Waals surface area contributed by atoms with E-state index in [1.54, 1.807) is 38.6 Å². The molecular formula is C22H26FN7O3. The molecule has 2 aliphatic rings. The standard InChI is InChI=1S/C22H26FN7O3/c1-22(33-3)7-6-16(22)27-20(31)12-11-25-30-18(24-2)10-17(28-19(12)30)26-14-5-4-8-29(21(14)32)15-9-13(15)23/h4-5,8,10-11,13,15-16,24H,6-7,9H2,1-3H3,(H,26,28)(H,27,31)/t13-,15-,16+,22+/m1/s1. The van der Waals surface area contributed by atoms with E-state index in [1.807, 2.05) is 6.92 Å². The molecule has 2 aliphatic carbocycles. The number of ether oxygens (including phenoxy) is 1. The molecule has 11 heteroatoms. The van der Waals surface area contributed by atoms with Crippen molar-refractivity contribution in [3.63, 3.8) is 0 Å². The number of hydrogen-bond acceptors (Lipinski definition) is 7. The van der Waals surface area contributed by atoms with Crippen molar-refractivity contribution in [2.75, 3.05) is 24.8 Å². The highest BCUT2D eigenvalue weighted by atomic mass is 19.1. The zero-order valence-corrected chi connectivity index (χ0v) is 18.6. The molecule has 4 atom stereocenters. The van der Waals surface area contributed by atoms with E-state index in [4.69, 9.17) is 4.74 Å². The van der Waals surface area contributed by atoms with Crippen molar-refractivity contribution < 1.29 is 13.9 Å². The monoisotopic (exact) mass is 455 g/mol. The van der Waals surface area contributed by atoms with E-state index < -0.39 is 12.2 Å². The van der Waals surface area contributed by atoms with Gasteiger partial charge >= 0.3 is 0 Å². The molecule has 1 amide bonds. The van der Waals surface area contributed by atoms with Gasteiger partial charge in [0.05, 0.1) is 23.9 Å². The highest BCUT2D eigenvalue weighted by Gasteiger charge is 2.44. The number of methoxy groups -OCH3 is 1. The summed E-state index contributed by atoms with van der Waals surface area (Å²) < 4.78 is 22.0. The van der Waals surface area contributed by atoms with E-state index >= 15 is 0 Å². The van der Waals surface area contributed by atoms with Crippen molar-refractivity contribution in [2.45, 2.75) is 50.0 Å². The lowest BCUT2D eigenvalue weighted by Crippen LogP contribution is -2.59. The predicted molar refractivity (Wildman–Crippen MR) is 121 cm³/mol. The second-order valence-electron chi connectivity index (χ2n) is 8.73. The first-order chi connectivity index (χ1) is 15.8. The molecule has 0 aliphatic heterocycles. The van der Waals surface area contributed by atoms with Crippen LogP contribution in [0.15, 0.2) is 35.4 Å². The molecule has 3 aromatic heterocycles. The third kappa shape index (κ3) is 3.62. The van der Waals surface area contributed by atoms with Crippen LogP contribution in [0.3, 0.4) is 0 Å². The molecule has 0 aromatic carbocycles. The van der Waals surface area contributed by atoms with E-state index in [1.165, 1.54) is 15.3 Å². The fourth-order valence-electron chi connectivity index (χ4n) is 4.21. The average molecular weight is 455 g/mol. The maximum atomic E-state index is 13.5. The number of aromatic nitrogens is 4. The summed E-state index contributed by atoms with van der Waals surface area (Å²) in [6, 6.07) is 4.47. The van der Waals surface area contributed by atoms with Crippen LogP contribution >= 0.6 is 0 Å². The summed E-state index contributed by atoms with van der Waals surface area (Å²) in [5.74, 6) is 0.637. The van der Waals surface area contributed by atoms with Gasteiger partial charge in [-0.2, -0.15) is 9.61 Å². The molecule has 3 N–H and O–H groups in total. The number of hydrogen-bond donors (Lipinski definition) is 3. The third-order valence-corrected chi connectivity index (χ3v) is 6.69. The van der Waals surface area contributed by atoms with E-state index in [0.29, 0.717) is 29.3 Å². The van der Waals surface area contributed by atoms with Crippen LogP contribution < -0.4 is 21.5 Å². The van der Waals surface area contributed by atoms with Crippen molar-refractivity contribution >= 4 is 28.9 Å². The summed E-state index contributed by atoms with van der Waals surface area (Å²) in [5.41, 5.74) is 0.200. The Morgan fingerprint density at radius 2 is 2.18 bits per heavy atom. The number of anilines is 3. The molecule has 5 rings (SSSR count). The number of alkyl halides is 1. The van der Waals surface area contributed by atoms with Gasteiger partial charge in [0.15, 0.2) is 5.65 Å². The smallest absolute Gasteiger partial charge is 0.274 e. The quantitative estimate of drug-likeness (QED) is 0.501. The minimum atomic E-state index is -0.994. The number of fused-ring (bicyclic) bond motifs is 1. The number of pyridine rings is 1. The van der Waals surface area contributed by atoms with E-state index in [9.17, 15) is 14.0 Å². The first-order valence-corrected chi connectivity index (χ1v) is 10.9. The van der Waals surface area contributed by atoms with Gasteiger partial charge in [-0.25, -0.2) is 9.37 Å². The SMILES string of the molecule is CNc1cc(Nc2cccn([C@@H]3C[C@H]3F)c2=O)nc2c(C(=O)N[C@H]3CC[C@]3(C)OC)cnn12. The Morgan fingerprint density at radius 3 is 2.82 bits per heavy atom. The average Bonchev–Trinajstić information content (AvgIpc) is 3.37. The highest BCUT2D eigenvalue weighted by molar-refractivity contribution is 6.00. The predicted octanol–water partition coefficient (Wildman–Crippen LogP) is 2.26. The number of halogens is 1. The second-order valence-corrected chi connectivity index (χ2v) is 8.73. The van der Waals surface area contributed by atoms with Gasteiger partial charge in [-0.1, -0.05) is 0 Å². The van der Waals surface area contributed by atoms with E-state index in [2.05, 4.69) is 26.0 Å². The van der Waals surface area contributed by atoms with Gasteiger partial charge in [0.25, 0.3) is 11.5 Å². The summed E-state index contributed by atoms with van der Waals surface area (Å²) in [7, 11) is 3.36. The molecule has 33 heavy (non-hydrogen) atoms. The first kappa shape index (κ1) is 21.4. The maximum absolute atomic E-state index is 13.5. The Hall–Kier alpha value is -3.47. The molecule has 0 spiro atoms. The van der Waals surface area contributed by atoms with Gasteiger partial charge in [0.1, 0.15) is 29.1 Å². The number of carbonyl (C=O) groups excluding carboxylic acids is 1. The number of amides is 1. The van der Waals surface area contributed by atoms with Gasteiger partial charge in [-0.05, 0) is 31.9 Å². The highest BCUT2D eigenvalue weighted by Crippen LogP contribution is 2.38. The van der Waals surface area contributed by atoms with Gasteiger partial charge in [0.2, 0.25) is 0 Å². The van der Waals surface area contributed by atoms with Gasteiger partial charge in [-0.15, -0.1) is 0 Å². The zero-order chi connectivity index (χ0) is 23.3. The largest absolute Gasteiger partial charge is 0.376 e. The van der Waals surface area contributed by atoms with Crippen molar-refractivity contribution in [1.29, 1.82) is 0 Å². The maximum Gasteiger partial charge on any atom is 0.274 e.